The molecule has 8 N–H and O–H groups in total. The molecule has 3 saturated heterocycles. The zero-order chi connectivity index (χ0) is 43.5. The van der Waals surface area contributed by atoms with Gasteiger partial charge in [0.25, 0.3) is 0 Å². The van der Waals surface area contributed by atoms with Gasteiger partial charge in [0.2, 0.25) is 47.3 Å². The van der Waals surface area contributed by atoms with Crippen molar-refractivity contribution >= 4 is 53.2 Å². The number of carboxylic acids is 1. The lowest BCUT2D eigenvalue weighted by atomic mass is 9.99. The molecule has 3 heterocycles. The molecule has 3 fully saturated rings. The van der Waals surface area contributed by atoms with E-state index in [2.05, 4.69) is 26.6 Å². The SMILES string of the molecule is CC(C)[C@@H]1NC(=O)[C@H](Cc2ccccc2)NC(=O)[C@H](CC(N)=O)NC(=O)[C@@H]2CCCN2C(=O)[C@@H]2CCCN2C(=O)[C@H](Cc2ccccc2)NC(=O)[C@H](CCC(=O)O)NC1=O. The highest BCUT2D eigenvalue weighted by Gasteiger charge is 2.45. The van der Waals surface area contributed by atoms with Crippen LogP contribution in [0.1, 0.15) is 69.9 Å². The van der Waals surface area contributed by atoms with Crippen LogP contribution in [0.3, 0.4) is 0 Å². The summed E-state index contributed by atoms with van der Waals surface area (Å²) in [4.78, 5) is 126. The molecule has 3 aliphatic rings. The molecule has 3 aliphatic heterocycles. The predicted molar refractivity (Wildman–Crippen MR) is 215 cm³/mol. The predicted octanol–water partition coefficient (Wildman–Crippen LogP) is -0.712. The monoisotopic (exact) mass is 830 g/mol. The topological polar surface area (TPSA) is 267 Å². The summed E-state index contributed by atoms with van der Waals surface area (Å²) < 4.78 is 0. The molecule has 2 aromatic rings. The Labute approximate surface area is 347 Å². The molecule has 0 spiro atoms. The minimum absolute atomic E-state index is 0.00702. The molecule has 0 aliphatic carbocycles. The van der Waals surface area contributed by atoms with Crippen molar-refractivity contribution < 1.29 is 48.3 Å². The minimum Gasteiger partial charge on any atom is -0.481 e. The number of nitrogens with zero attached hydrogens (tertiary/aromatic N) is 2. The van der Waals surface area contributed by atoms with Gasteiger partial charge in [-0.15, -0.1) is 0 Å². The van der Waals surface area contributed by atoms with Crippen molar-refractivity contribution in [2.45, 2.75) is 114 Å². The number of hydrogen-bond donors (Lipinski definition) is 7. The largest absolute Gasteiger partial charge is 0.481 e. The van der Waals surface area contributed by atoms with Crippen molar-refractivity contribution in [3.05, 3.63) is 71.8 Å². The van der Waals surface area contributed by atoms with Crippen LogP contribution >= 0.6 is 0 Å². The first kappa shape index (κ1) is 44.8. The first-order valence-electron chi connectivity index (χ1n) is 20.3. The van der Waals surface area contributed by atoms with E-state index in [4.69, 9.17) is 5.73 Å². The molecule has 0 aromatic heterocycles. The third-order valence-corrected chi connectivity index (χ3v) is 11.0. The van der Waals surface area contributed by atoms with Crippen LogP contribution in [-0.2, 0) is 56.0 Å². The number of benzene rings is 2. The molecule has 0 unspecified atom stereocenters. The fourth-order valence-corrected chi connectivity index (χ4v) is 7.90. The van der Waals surface area contributed by atoms with Gasteiger partial charge in [-0.3, -0.25) is 43.2 Å². The molecular formula is C42H54N8O10. The van der Waals surface area contributed by atoms with Gasteiger partial charge in [0.15, 0.2) is 0 Å². The van der Waals surface area contributed by atoms with Gasteiger partial charge in [0, 0.05) is 32.4 Å². The summed E-state index contributed by atoms with van der Waals surface area (Å²) in [6.07, 6.45) is -0.241. The summed E-state index contributed by atoms with van der Waals surface area (Å²) in [5.74, 6) is -8.02. The third kappa shape index (κ3) is 11.7. The molecule has 60 heavy (non-hydrogen) atoms. The number of hydrogen-bond acceptors (Lipinski definition) is 9. The molecule has 5 rings (SSSR count). The second-order valence-corrected chi connectivity index (χ2v) is 15.8. The molecule has 18 heteroatoms. The molecule has 18 nitrogen and oxygen atoms in total. The van der Waals surface area contributed by atoms with Crippen molar-refractivity contribution in [3.8, 4) is 0 Å². The summed E-state index contributed by atoms with van der Waals surface area (Å²) in [7, 11) is 0. The number of carbonyl (C=O) groups excluding carboxylic acids is 8. The number of fused-ring (bicyclic) bond motifs is 2. The number of amides is 8. The van der Waals surface area contributed by atoms with Crippen LogP contribution in [0.25, 0.3) is 0 Å². The lowest BCUT2D eigenvalue weighted by Gasteiger charge is -2.33. The van der Waals surface area contributed by atoms with Crippen molar-refractivity contribution in [1.82, 2.24) is 36.4 Å². The molecular weight excluding hydrogens is 777 g/mol. The van der Waals surface area contributed by atoms with E-state index in [1.165, 1.54) is 9.80 Å². The van der Waals surface area contributed by atoms with Crippen LogP contribution in [0, 0.1) is 5.92 Å². The number of rotatable bonds is 10. The molecule has 8 amide bonds. The Balaban J connectivity index is 1.57. The molecule has 322 valence electrons. The summed E-state index contributed by atoms with van der Waals surface area (Å²) in [6.45, 7) is 3.61. The Kier molecular flexibility index (Phi) is 15.4. The average Bonchev–Trinajstić information content (AvgIpc) is 3.91. The van der Waals surface area contributed by atoms with Gasteiger partial charge in [-0.1, -0.05) is 74.5 Å². The molecule has 0 radical (unpaired) electrons. The molecule has 0 bridgehead atoms. The van der Waals surface area contributed by atoms with E-state index in [0.29, 0.717) is 24.0 Å². The second kappa shape index (κ2) is 20.6. The van der Waals surface area contributed by atoms with Crippen molar-refractivity contribution in [2.75, 3.05) is 13.1 Å². The number of carbonyl (C=O) groups is 9. The fraction of sp³-hybridized carbons (Fsp3) is 0.500. The van der Waals surface area contributed by atoms with E-state index in [1.807, 2.05) is 0 Å². The van der Waals surface area contributed by atoms with Crippen LogP contribution < -0.4 is 32.3 Å². The standard InChI is InChI=1S/C42H54N8O10/c1-24(2)35-40(58)44-27(17-18-34(52)53)36(54)47-30(22-26-13-7-4-8-14-26)41(59)50-20-10-16-32(50)42(60)49-19-9-15-31(49)39(57)46-29(23-33(43)51)37(55)45-28(38(56)48-35)21-25-11-5-3-6-12-25/h3-8,11-14,24,27-32,35H,9-10,15-23H2,1-2H3,(H2,43,51)(H,44,58)(H,45,55)(H,46,57)(H,47,54)(H,48,56)(H,52,53)/t27-,28-,29-,30-,31-,32-,35-/m0/s1. The summed E-state index contributed by atoms with van der Waals surface area (Å²) in [6, 6.07) is 8.46. The van der Waals surface area contributed by atoms with Crippen molar-refractivity contribution in [3.63, 3.8) is 0 Å². The van der Waals surface area contributed by atoms with Gasteiger partial charge in [-0.25, -0.2) is 0 Å². The van der Waals surface area contributed by atoms with E-state index >= 15 is 0 Å². The number of nitrogens with two attached hydrogens (primary N) is 1. The van der Waals surface area contributed by atoms with Crippen LogP contribution in [-0.4, -0.2) is 124 Å². The smallest absolute Gasteiger partial charge is 0.303 e. The van der Waals surface area contributed by atoms with Gasteiger partial charge in [-0.2, -0.15) is 0 Å². The molecule has 0 saturated carbocycles. The molecule has 7 atom stereocenters. The number of carboxylic acid groups (broad SMARTS) is 1. The average molecular weight is 831 g/mol. The first-order chi connectivity index (χ1) is 28.6. The summed E-state index contributed by atoms with van der Waals surface area (Å²) >= 11 is 0. The van der Waals surface area contributed by atoms with Crippen LogP contribution in [0.15, 0.2) is 60.7 Å². The highest BCUT2D eigenvalue weighted by Crippen LogP contribution is 2.26. The maximum Gasteiger partial charge on any atom is 0.303 e. The van der Waals surface area contributed by atoms with Crippen molar-refractivity contribution in [1.29, 1.82) is 0 Å². The Morgan fingerprint density at radius 1 is 0.633 bits per heavy atom. The number of primary amides is 1. The zero-order valence-electron chi connectivity index (χ0n) is 33.8. The Morgan fingerprint density at radius 2 is 1.12 bits per heavy atom. The lowest BCUT2D eigenvalue weighted by molar-refractivity contribution is -0.148. The van der Waals surface area contributed by atoms with Crippen molar-refractivity contribution in [2.24, 2.45) is 11.7 Å². The van der Waals surface area contributed by atoms with Gasteiger partial charge in [0.05, 0.1) is 6.42 Å². The lowest BCUT2D eigenvalue weighted by Crippen LogP contribution is -2.61. The van der Waals surface area contributed by atoms with Crippen LogP contribution in [0.5, 0.6) is 0 Å². The van der Waals surface area contributed by atoms with E-state index in [-0.39, 0.29) is 45.2 Å². The van der Waals surface area contributed by atoms with E-state index in [0.717, 1.165) is 0 Å². The van der Waals surface area contributed by atoms with E-state index in [1.54, 1.807) is 74.5 Å². The number of aliphatic carboxylic acids is 1. The van der Waals surface area contributed by atoms with Gasteiger partial charge < -0.3 is 47.2 Å². The van der Waals surface area contributed by atoms with Gasteiger partial charge in [0.1, 0.15) is 42.3 Å². The van der Waals surface area contributed by atoms with E-state index in [9.17, 15) is 48.3 Å². The Morgan fingerprint density at radius 3 is 1.68 bits per heavy atom. The second-order valence-electron chi connectivity index (χ2n) is 15.8. The fourth-order valence-electron chi connectivity index (χ4n) is 7.90. The molecule has 2 aromatic carbocycles. The Hall–Kier alpha value is -6.33. The zero-order valence-corrected chi connectivity index (χ0v) is 33.8. The van der Waals surface area contributed by atoms with Crippen LogP contribution in [0.4, 0.5) is 0 Å². The number of nitrogens with one attached hydrogen (secondary N) is 5. The first-order valence-corrected chi connectivity index (χ1v) is 20.3. The quantitative estimate of drug-likeness (QED) is 0.158. The highest BCUT2D eigenvalue weighted by atomic mass is 16.4. The van der Waals surface area contributed by atoms with Gasteiger partial charge >= 0.3 is 5.97 Å². The summed E-state index contributed by atoms with van der Waals surface area (Å²) in [5, 5.41) is 22.7. The Bertz CT molecular complexity index is 1930. The normalized spacial score (nSPS) is 26.2. The maximum absolute atomic E-state index is 14.5. The van der Waals surface area contributed by atoms with Gasteiger partial charge in [-0.05, 0) is 49.1 Å². The summed E-state index contributed by atoms with van der Waals surface area (Å²) in [5.41, 5.74) is 6.81. The third-order valence-electron chi connectivity index (χ3n) is 11.0. The van der Waals surface area contributed by atoms with E-state index < -0.39 is 114 Å². The minimum atomic E-state index is -1.55. The van der Waals surface area contributed by atoms with Crippen LogP contribution in [0.2, 0.25) is 0 Å². The highest BCUT2D eigenvalue weighted by molar-refractivity contribution is 6.00. The maximum atomic E-state index is 14.5.